The molecule has 2 aromatic carbocycles. The van der Waals surface area contributed by atoms with Gasteiger partial charge in [0.1, 0.15) is 0 Å². The summed E-state index contributed by atoms with van der Waals surface area (Å²) in [6.07, 6.45) is 1.68. The number of amides is 1. The van der Waals surface area contributed by atoms with Crippen LogP contribution in [0, 0.1) is 0 Å². The quantitative estimate of drug-likeness (QED) is 0.696. The van der Waals surface area contributed by atoms with E-state index in [1.54, 1.807) is 6.20 Å². The average molecular weight is 395 g/mol. The maximum absolute atomic E-state index is 12.8. The molecule has 0 aliphatic heterocycles. The summed E-state index contributed by atoms with van der Waals surface area (Å²) in [6.45, 7) is 0. The van der Waals surface area contributed by atoms with Gasteiger partial charge in [0.2, 0.25) is 10.0 Å². The molecular weight excluding hydrogens is 374 g/mol. The lowest BCUT2D eigenvalue weighted by molar-refractivity contribution is 0.0942. The van der Waals surface area contributed by atoms with Gasteiger partial charge >= 0.3 is 0 Å². The van der Waals surface area contributed by atoms with E-state index in [9.17, 15) is 13.2 Å². The lowest BCUT2D eigenvalue weighted by Gasteiger charge is -2.19. The highest BCUT2D eigenvalue weighted by Crippen LogP contribution is 2.21. The van der Waals surface area contributed by atoms with Gasteiger partial charge in [0.05, 0.1) is 16.6 Å². The van der Waals surface area contributed by atoms with Crippen molar-refractivity contribution < 1.29 is 13.2 Å². The Balaban J connectivity index is 1.87. The lowest BCUT2D eigenvalue weighted by Crippen LogP contribution is -2.30. The number of aromatic nitrogens is 1. The topological polar surface area (TPSA) is 79.4 Å². The number of hydrogen-bond donors (Lipinski definition) is 1. The Morgan fingerprint density at radius 1 is 0.929 bits per heavy atom. The third-order valence-corrected chi connectivity index (χ3v) is 6.12. The Hall–Kier alpha value is -3.03. The van der Waals surface area contributed by atoms with Crippen LogP contribution < -0.4 is 5.32 Å². The minimum absolute atomic E-state index is 0.137. The van der Waals surface area contributed by atoms with Crippen LogP contribution in [0.3, 0.4) is 0 Å². The van der Waals surface area contributed by atoms with Gasteiger partial charge in [-0.2, -0.15) is 0 Å². The zero-order chi connectivity index (χ0) is 20.1. The maximum atomic E-state index is 12.8. The number of pyridine rings is 1. The number of benzene rings is 2. The number of nitrogens with one attached hydrogen (secondary N) is 1. The van der Waals surface area contributed by atoms with Crippen molar-refractivity contribution in [3.63, 3.8) is 0 Å². The monoisotopic (exact) mass is 395 g/mol. The molecular formula is C21H21N3O3S. The number of sulfonamides is 1. The highest BCUT2D eigenvalue weighted by atomic mass is 32.2. The van der Waals surface area contributed by atoms with E-state index in [0.29, 0.717) is 11.3 Å². The van der Waals surface area contributed by atoms with Crippen LogP contribution in [0.5, 0.6) is 0 Å². The molecule has 0 radical (unpaired) electrons. The maximum Gasteiger partial charge on any atom is 0.252 e. The van der Waals surface area contributed by atoms with Crippen LogP contribution >= 0.6 is 0 Å². The summed E-state index contributed by atoms with van der Waals surface area (Å²) in [5.74, 6) is -0.312. The Kier molecular flexibility index (Phi) is 5.87. The van der Waals surface area contributed by atoms with E-state index in [2.05, 4.69) is 10.3 Å². The number of rotatable bonds is 6. The molecule has 0 spiro atoms. The van der Waals surface area contributed by atoms with Gasteiger partial charge in [0.25, 0.3) is 5.91 Å². The van der Waals surface area contributed by atoms with Crippen LogP contribution in [0.1, 0.15) is 27.7 Å². The van der Waals surface area contributed by atoms with E-state index < -0.39 is 16.1 Å². The molecule has 3 aromatic rings. The van der Waals surface area contributed by atoms with Crippen molar-refractivity contribution >= 4 is 15.9 Å². The molecule has 1 heterocycles. The molecule has 1 amide bonds. The Labute approximate surface area is 164 Å². The fraction of sp³-hybridized carbons (Fsp3) is 0.143. The van der Waals surface area contributed by atoms with Crippen LogP contribution in [0.15, 0.2) is 83.9 Å². The third-order valence-electron chi connectivity index (χ3n) is 4.29. The number of hydrogen-bond acceptors (Lipinski definition) is 4. The first kappa shape index (κ1) is 19.7. The standard InChI is InChI=1S/C21H21N3O3S/c1-24(2)28(26,27)18-13-11-17(12-14-18)21(25)23-20(16-8-4-3-5-9-16)19-10-6-7-15-22-19/h3-15,20H,1-2H3,(H,23,25). The van der Waals surface area contributed by atoms with Gasteiger partial charge in [-0.15, -0.1) is 0 Å². The molecule has 28 heavy (non-hydrogen) atoms. The van der Waals surface area contributed by atoms with E-state index >= 15 is 0 Å². The molecule has 0 saturated carbocycles. The second kappa shape index (κ2) is 8.33. The van der Waals surface area contributed by atoms with Crippen LogP contribution in [0.2, 0.25) is 0 Å². The third kappa shape index (κ3) is 4.27. The van der Waals surface area contributed by atoms with E-state index in [1.807, 2.05) is 48.5 Å². The van der Waals surface area contributed by atoms with Crippen molar-refractivity contribution in [1.82, 2.24) is 14.6 Å². The van der Waals surface area contributed by atoms with Crippen LogP contribution in [0.25, 0.3) is 0 Å². The molecule has 0 aliphatic carbocycles. The van der Waals surface area contributed by atoms with Gasteiger partial charge in [-0.3, -0.25) is 9.78 Å². The largest absolute Gasteiger partial charge is 0.340 e. The second-order valence-corrected chi connectivity index (χ2v) is 8.54. The molecule has 1 aromatic heterocycles. The zero-order valence-electron chi connectivity index (χ0n) is 15.6. The normalized spacial score (nSPS) is 12.5. The van der Waals surface area contributed by atoms with E-state index in [4.69, 9.17) is 0 Å². The summed E-state index contributed by atoms with van der Waals surface area (Å²) in [4.78, 5) is 17.3. The first-order valence-electron chi connectivity index (χ1n) is 8.69. The molecule has 3 rings (SSSR count). The predicted molar refractivity (Wildman–Crippen MR) is 107 cm³/mol. The van der Waals surface area contributed by atoms with Gasteiger partial charge in [-0.1, -0.05) is 36.4 Å². The molecule has 144 valence electrons. The Morgan fingerprint density at radius 2 is 1.57 bits per heavy atom. The smallest absolute Gasteiger partial charge is 0.252 e. The Bertz CT molecular complexity index is 996. The van der Waals surface area contributed by atoms with E-state index in [-0.39, 0.29) is 10.8 Å². The summed E-state index contributed by atoms with van der Waals surface area (Å²) in [5.41, 5.74) is 1.99. The van der Waals surface area contributed by atoms with Crippen molar-refractivity contribution in [3.05, 3.63) is 95.8 Å². The van der Waals surface area contributed by atoms with Gasteiger partial charge < -0.3 is 5.32 Å². The summed E-state index contributed by atoms with van der Waals surface area (Å²) < 4.78 is 25.5. The SMILES string of the molecule is CN(C)S(=O)(=O)c1ccc(C(=O)NC(c2ccccc2)c2ccccn2)cc1. The summed E-state index contributed by atoms with van der Waals surface area (Å²) in [5, 5.41) is 2.99. The highest BCUT2D eigenvalue weighted by Gasteiger charge is 2.20. The Morgan fingerprint density at radius 3 is 2.14 bits per heavy atom. The first-order valence-corrected chi connectivity index (χ1v) is 10.1. The van der Waals surface area contributed by atoms with Crippen LogP contribution in [-0.2, 0) is 10.0 Å². The summed E-state index contributed by atoms with van der Waals surface area (Å²) in [7, 11) is -0.606. The molecule has 1 N–H and O–H groups in total. The molecule has 7 heteroatoms. The minimum Gasteiger partial charge on any atom is -0.340 e. The fourth-order valence-electron chi connectivity index (χ4n) is 2.72. The molecule has 0 bridgehead atoms. The van der Waals surface area contributed by atoms with Crippen LogP contribution in [-0.4, -0.2) is 37.7 Å². The molecule has 6 nitrogen and oxygen atoms in total. The van der Waals surface area contributed by atoms with E-state index in [1.165, 1.54) is 38.4 Å². The van der Waals surface area contributed by atoms with Crippen molar-refractivity contribution in [3.8, 4) is 0 Å². The minimum atomic E-state index is -3.54. The number of nitrogens with zero attached hydrogens (tertiary/aromatic N) is 2. The average Bonchev–Trinajstić information content (AvgIpc) is 2.73. The van der Waals surface area contributed by atoms with Gasteiger partial charge in [0.15, 0.2) is 0 Å². The fourth-order valence-corrected chi connectivity index (χ4v) is 3.63. The number of carbonyl (C=O) groups excluding carboxylic acids is 1. The number of carbonyl (C=O) groups is 1. The predicted octanol–water partition coefficient (Wildman–Crippen LogP) is 2.85. The van der Waals surface area contributed by atoms with Gasteiger partial charge in [0, 0.05) is 25.9 Å². The molecule has 0 fully saturated rings. The summed E-state index contributed by atoms with van der Waals surface area (Å²) in [6, 6.07) is 20.6. The second-order valence-electron chi connectivity index (χ2n) is 6.38. The van der Waals surface area contributed by atoms with Crippen molar-refractivity contribution in [1.29, 1.82) is 0 Å². The molecule has 0 aliphatic rings. The highest BCUT2D eigenvalue weighted by molar-refractivity contribution is 7.89. The van der Waals surface area contributed by atoms with Crippen LogP contribution in [0.4, 0.5) is 0 Å². The first-order chi connectivity index (χ1) is 13.4. The van der Waals surface area contributed by atoms with Crippen molar-refractivity contribution in [2.45, 2.75) is 10.9 Å². The van der Waals surface area contributed by atoms with Crippen molar-refractivity contribution in [2.75, 3.05) is 14.1 Å². The summed E-state index contributed by atoms with van der Waals surface area (Å²) >= 11 is 0. The molecule has 1 atom stereocenters. The van der Waals surface area contributed by atoms with E-state index in [0.717, 1.165) is 9.87 Å². The van der Waals surface area contributed by atoms with Crippen molar-refractivity contribution in [2.24, 2.45) is 0 Å². The molecule has 0 saturated heterocycles. The zero-order valence-corrected chi connectivity index (χ0v) is 16.4. The van der Waals surface area contributed by atoms with Gasteiger partial charge in [-0.25, -0.2) is 12.7 Å². The van der Waals surface area contributed by atoms with Gasteiger partial charge in [-0.05, 0) is 42.0 Å². The lowest BCUT2D eigenvalue weighted by atomic mass is 10.0. The molecule has 1 unspecified atom stereocenters.